The zero-order valence-electron chi connectivity index (χ0n) is 28.1. The first kappa shape index (κ1) is 32.3. The molecule has 5 aliphatic carbocycles. The Kier molecular flexibility index (Phi) is 7.90. The van der Waals surface area contributed by atoms with Crippen molar-refractivity contribution in [3.05, 3.63) is 47.6 Å². The Morgan fingerprint density at radius 1 is 0.933 bits per heavy atom. The highest BCUT2D eigenvalue weighted by molar-refractivity contribution is 5.87. The van der Waals surface area contributed by atoms with Gasteiger partial charge in [0.2, 0.25) is 0 Å². The average Bonchev–Trinajstić information content (AvgIpc) is 2.98. The molecule has 3 N–H and O–H groups in total. The molecule has 4 fully saturated rings. The molecule has 0 aliphatic heterocycles. The minimum absolute atomic E-state index is 0.0590. The summed E-state index contributed by atoms with van der Waals surface area (Å²) in [5.74, 6) is 0.167. The van der Waals surface area contributed by atoms with Gasteiger partial charge in [-0.15, -0.1) is 0 Å². The summed E-state index contributed by atoms with van der Waals surface area (Å²) in [5, 5.41) is 31.3. The highest BCUT2D eigenvalue weighted by atomic mass is 16.5. The van der Waals surface area contributed by atoms with Gasteiger partial charge in [0, 0.05) is 6.08 Å². The number of benzene rings is 1. The highest BCUT2D eigenvalue weighted by Crippen LogP contribution is 2.75. The first-order valence-electron chi connectivity index (χ1n) is 17.4. The summed E-state index contributed by atoms with van der Waals surface area (Å²) in [4.78, 5) is 25.9. The molecule has 0 amide bonds. The van der Waals surface area contributed by atoms with Crippen molar-refractivity contribution in [3.8, 4) is 5.75 Å². The number of hydrogen-bond acceptors (Lipinski definition) is 5. The van der Waals surface area contributed by atoms with Crippen molar-refractivity contribution in [1.29, 1.82) is 0 Å². The fraction of sp³-hybridized carbons (Fsp3) is 0.692. The van der Waals surface area contributed by atoms with Gasteiger partial charge in [0.25, 0.3) is 0 Å². The number of carboxylic acid groups (broad SMARTS) is 1. The summed E-state index contributed by atoms with van der Waals surface area (Å²) in [7, 11) is 0. The van der Waals surface area contributed by atoms with Crippen molar-refractivity contribution in [1.82, 2.24) is 0 Å². The van der Waals surface area contributed by atoms with Crippen LogP contribution in [0.5, 0.6) is 5.75 Å². The lowest BCUT2D eigenvalue weighted by Crippen LogP contribution is -2.65. The summed E-state index contributed by atoms with van der Waals surface area (Å²) in [6.07, 6.45) is 13.4. The van der Waals surface area contributed by atoms with E-state index in [0.717, 1.165) is 50.5 Å². The van der Waals surface area contributed by atoms with Crippen LogP contribution in [0.2, 0.25) is 0 Å². The molecule has 6 nitrogen and oxygen atoms in total. The van der Waals surface area contributed by atoms with Crippen LogP contribution in [0.15, 0.2) is 42.0 Å². The highest BCUT2D eigenvalue weighted by Gasteiger charge is 2.69. The number of rotatable bonds is 5. The van der Waals surface area contributed by atoms with Gasteiger partial charge in [0.15, 0.2) is 0 Å². The Bertz CT molecular complexity index is 1390. The first-order chi connectivity index (χ1) is 21.1. The zero-order valence-corrected chi connectivity index (χ0v) is 28.1. The molecule has 6 heteroatoms. The van der Waals surface area contributed by atoms with Gasteiger partial charge in [-0.3, -0.25) is 4.79 Å². The molecule has 0 saturated heterocycles. The number of aliphatic hydroxyl groups is 1. The summed E-state index contributed by atoms with van der Waals surface area (Å²) >= 11 is 0. The monoisotopic (exact) mass is 618 g/mol. The molecule has 0 radical (unpaired) electrons. The number of carbonyl (C=O) groups is 2. The van der Waals surface area contributed by atoms with E-state index in [-0.39, 0.29) is 57.9 Å². The Hall–Kier alpha value is -2.60. The van der Waals surface area contributed by atoms with Gasteiger partial charge in [0.05, 0.1) is 18.1 Å². The molecule has 0 heterocycles. The Balaban J connectivity index is 1.27. The van der Waals surface area contributed by atoms with Crippen molar-refractivity contribution < 1.29 is 29.6 Å². The molecule has 0 aromatic heterocycles. The Labute approximate surface area is 269 Å². The third kappa shape index (κ3) is 4.74. The molecule has 10 atom stereocenters. The van der Waals surface area contributed by atoms with Crippen molar-refractivity contribution >= 4 is 18.0 Å². The number of phenols is 1. The van der Waals surface area contributed by atoms with E-state index in [4.69, 9.17) is 4.74 Å². The normalized spacial score (nSPS) is 43.7. The van der Waals surface area contributed by atoms with Crippen molar-refractivity contribution in [2.75, 3.05) is 6.61 Å². The van der Waals surface area contributed by atoms with Gasteiger partial charge in [-0.05, 0) is 133 Å². The quantitative estimate of drug-likeness (QED) is 0.175. The summed E-state index contributed by atoms with van der Waals surface area (Å²) in [6.45, 7) is 14.5. The van der Waals surface area contributed by atoms with Crippen LogP contribution >= 0.6 is 0 Å². The summed E-state index contributed by atoms with van der Waals surface area (Å²) in [5.41, 5.74) is 1.40. The van der Waals surface area contributed by atoms with Crippen LogP contribution in [0.4, 0.5) is 0 Å². The van der Waals surface area contributed by atoms with E-state index in [9.17, 15) is 24.9 Å². The lowest BCUT2D eigenvalue weighted by molar-refractivity contribution is -0.207. The number of aliphatic carboxylic acids is 1. The van der Waals surface area contributed by atoms with Gasteiger partial charge in [-0.2, -0.15) is 0 Å². The number of allylic oxidation sites excluding steroid dienone is 2. The second-order valence-corrected chi connectivity index (χ2v) is 16.8. The molecule has 5 aliphatic rings. The van der Waals surface area contributed by atoms with E-state index in [2.05, 4.69) is 47.6 Å². The maximum Gasteiger partial charge on any atom is 0.330 e. The molecule has 4 saturated carbocycles. The minimum atomic E-state index is -0.773. The largest absolute Gasteiger partial charge is 0.508 e. The van der Waals surface area contributed by atoms with Crippen LogP contribution in [0.3, 0.4) is 0 Å². The number of carboxylic acids is 1. The van der Waals surface area contributed by atoms with Crippen LogP contribution in [0.1, 0.15) is 105 Å². The smallest absolute Gasteiger partial charge is 0.330 e. The Morgan fingerprint density at radius 3 is 2.33 bits per heavy atom. The first-order valence-corrected chi connectivity index (χ1v) is 17.4. The molecular weight excluding hydrogens is 564 g/mol. The fourth-order valence-corrected chi connectivity index (χ4v) is 12.0. The standard InChI is InChI=1S/C39H54O6/c1-24-26(23-45-32(42)14-9-25-7-10-27(40)11-8-25)15-20-39(34(43)44)22-21-37(5)28(33(24)39)12-13-30-36(4)18-17-31(41)35(2,3)29(36)16-19-38(30,37)6/h7-12,14,24,26,29-31,33,40-41H,13,15-23H2,1-6H3,(H,43,44)/b14-9+/t24-,26-,29-,30+,31-,33-,36-,37+,38+,39-/m0/s1. The van der Waals surface area contributed by atoms with Crippen LogP contribution in [0, 0.1) is 56.7 Å². The Morgan fingerprint density at radius 2 is 1.64 bits per heavy atom. The maximum atomic E-state index is 13.2. The molecule has 246 valence electrons. The number of aliphatic hydroxyl groups excluding tert-OH is 1. The van der Waals surface area contributed by atoms with Crippen LogP contribution < -0.4 is 0 Å². The SMILES string of the molecule is C[C@H]1[C@H](COC(=O)/C=C/c2ccc(O)cc2)CC[C@]2(C(=O)O)CC[C@]3(C)C(=CC[C@@H]4[C@@]5(C)CC[C@H](O)C(C)(C)[C@@H]5CC[C@]43C)[C@H]12. The van der Waals surface area contributed by atoms with Crippen molar-refractivity contribution in [2.24, 2.45) is 56.7 Å². The van der Waals surface area contributed by atoms with E-state index < -0.39 is 17.4 Å². The van der Waals surface area contributed by atoms with E-state index in [1.54, 1.807) is 30.3 Å². The maximum absolute atomic E-state index is 13.2. The number of hydrogen-bond donors (Lipinski definition) is 3. The van der Waals surface area contributed by atoms with Gasteiger partial charge in [-0.25, -0.2) is 4.79 Å². The van der Waals surface area contributed by atoms with Crippen LogP contribution in [-0.4, -0.2) is 40.0 Å². The lowest BCUT2D eigenvalue weighted by Gasteiger charge is -2.71. The van der Waals surface area contributed by atoms with E-state index in [1.807, 2.05) is 0 Å². The molecule has 1 aromatic rings. The fourth-order valence-electron chi connectivity index (χ4n) is 12.0. The molecule has 0 bridgehead atoms. The number of aromatic hydroxyl groups is 1. The third-order valence-electron chi connectivity index (χ3n) is 14.9. The number of esters is 1. The third-order valence-corrected chi connectivity index (χ3v) is 14.9. The van der Waals surface area contributed by atoms with E-state index in [0.29, 0.717) is 24.7 Å². The molecular formula is C39H54O6. The number of phenolic OH excluding ortho intramolecular Hbond substituents is 1. The minimum Gasteiger partial charge on any atom is -0.508 e. The average molecular weight is 619 g/mol. The number of ether oxygens (including phenoxy) is 1. The molecule has 1 aromatic carbocycles. The topological polar surface area (TPSA) is 104 Å². The van der Waals surface area contributed by atoms with Crippen LogP contribution in [-0.2, 0) is 14.3 Å². The second-order valence-electron chi connectivity index (χ2n) is 16.8. The molecule has 0 spiro atoms. The number of carbonyl (C=O) groups excluding carboxylic acids is 1. The van der Waals surface area contributed by atoms with Gasteiger partial charge >= 0.3 is 11.9 Å². The molecule has 6 rings (SSSR count). The predicted molar refractivity (Wildman–Crippen MR) is 175 cm³/mol. The summed E-state index contributed by atoms with van der Waals surface area (Å²) < 4.78 is 5.78. The van der Waals surface area contributed by atoms with Gasteiger partial charge < -0.3 is 20.1 Å². The van der Waals surface area contributed by atoms with Gasteiger partial charge in [0.1, 0.15) is 5.75 Å². The molecule has 0 unspecified atom stereocenters. The lowest BCUT2D eigenvalue weighted by atomic mass is 9.33. The van der Waals surface area contributed by atoms with Crippen LogP contribution in [0.25, 0.3) is 6.08 Å². The van der Waals surface area contributed by atoms with E-state index >= 15 is 0 Å². The van der Waals surface area contributed by atoms with Gasteiger partial charge in [-0.1, -0.05) is 65.3 Å². The van der Waals surface area contributed by atoms with Crippen molar-refractivity contribution in [3.63, 3.8) is 0 Å². The number of fused-ring (bicyclic) bond motifs is 7. The van der Waals surface area contributed by atoms with Crippen molar-refractivity contribution in [2.45, 2.75) is 105 Å². The predicted octanol–water partition coefficient (Wildman–Crippen LogP) is 8.03. The van der Waals surface area contributed by atoms with E-state index in [1.165, 1.54) is 11.6 Å². The zero-order chi connectivity index (χ0) is 32.6. The summed E-state index contributed by atoms with van der Waals surface area (Å²) in [6, 6.07) is 6.64. The molecule has 45 heavy (non-hydrogen) atoms. The second kappa shape index (κ2) is 11.0.